The van der Waals surface area contributed by atoms with E-state index in [2.05, 4.69) is 55.2 Å². The summed E-state index contributed by atoms with van der Waals surface area (Å²) in [6, 6.07) is 0. The van der Waals surface area contributed by atoms with Crippen LogP contribution in [0.15, 0.2) is 36.5 Å². The fourth-order valence-corrected chi connectivity index (χ4v) is 1.50. The summed E-state index contributed by atoms with van der Waals surface area (Å²) in [6.07, 6.45) is 19.4. The lowest BCUT2D eigenvalue weighted by molar-refractivity contribution is -0.137. The van der Waals surface area contributed by atoms with Gasteiger partial charge >= 0.3 is 5.97 Å². The molecule has 0 amide bonds. The first-order valence-corrected chi connectivity index (χ1v) is 7.39. The molecule has 0 aromatic rings. The number of hydrogen-bond acceptors (Lipinski definition) is 1. The molecule has 0 radical (unpaired) electrons. The molecule has 0 saturated carbocycles. The van der Waals surface area contributed by atoms with Gasteiger partial charge in [0.2, 0.25) is 0 Å². The molecule has 0 aliphatic heterocycles. The van der Waals surface area contributed by atoms with Crippen LogP contribution in [0.3, 0.4) is 0 Å². The number of carboxylic acids is 1. The molecular formula is C18H26O2. The van der Waals surface area contributed by atoms with Gasteiger partial charge in [0.05, 0.1) is 0 Å². The summed E-state index contributed by atoms with van der Waals surface area (Å²) < 4.78 is 0. The predicted molar refractivity (Wildman–Crippen MR) is 85.4 cm³/mol. The number of unbranched alkanes of at least 4 members (excludes halogenated alkanes) is 2. The highest BCUT2D eigenvalue weighted by Gasteiger charge is 1.93. The van der Waals surface area contributed by atoms with Gasteiger partial charge in [-0.15, -0.1) is 5.92 Å². The summed E-state index contributed by atoms with van der Waals surface area (Å²) in [4.78, 5) is 10.3. The monoisotopic (exact) mass is 274 g/mol. The molecule has 0 heterocycles. The Hall–Kier alpha value is -1.75. The van der Waals surface area contributed by atoms with Crippen LogP contribution in [0, 0.1) is 11.8 Å². The van der Waals surface area contributed by atoms with Crippen molar-refractivity contribution in [1.82, 2.24) is 0 Å². The molecule has 0 aliphatic rings. The molecular weight excluding hydrogens is 248 g/mol. The minimum absolute atomic E-state index is 0.251. The smallest absolute Gasteiger partial charge is 0.303 e. The Bertz CT molecular complexity index is 378. The highest BCUT2D eigenvalue weighted by Crippen LogP contribution is 1.98. The number of hydrogen-bond donors (Lipinski definition) is 1. The molecule has 0 unspecified atom stereocenters. The Morgan fingerprint density at radius 1 is 0.950 bits per heavy atom. The summed E-state index contributed by atoms with van der Waals surface area (Å²) in [5, 5.41) is 8.46. The van der Waals surface area contributed by atoms with Crippen LogP contribution < -0.4 is 0 Å². The quantitative estimate of drug-likeness (QED) is 0.350. The molecule has 0 aromatic heterocycles. The van der Waals surface area contributed by atoms with E-state index in [9.17, 15) is 4.79 Å². The Kier molecular flexibility index (Phi) is 14.0. The Labute approximate surface area is 123 Å². The Morgan fingerprint density at radius 2 is 1.60 bits per heavy atom. The van der Waals surface area contributed by atoms with Crippen molar-refractivity contribution in [2.45, 2.75) is 58.3 Å². The van der Waals surface area contributed by atoms with Gasteiger partial charge in [0.25, 0.3) is 0 Å². The average molecular weight is 274 g/mol. The minimum Gasteiger partial charge on any atom is -0.481 e. The normalized spacial score (nSPS) is 11.2. The third-order valence-electron chi connectivity index (χ3n) is 2.57. The zero-order valence-electron chi connectivity index (χ0n) is 12.5. The van der Waals surface area contributed by atoms with Crippen LogP contribution in [-0.2, 0) is 4.79 Å². The Morgan fingerprint density at radius 3 is 2.25 bits per heavy atom. The van der Waals surface area contributed by atoms with E-state index in [0.29, 0.717) is 0 Å². The zero-order valence-corrected chi connectivity index (χ0v) is 12.5. The maximum atomic E-state index is 10.3. The molecule has 0 aromatic carbocycles. The molecule has 0 spiro atoms. The van der Waals surface area contributed by atoms with E-state index in [1.54, 1.807) is 0 Å². The molecule has 0 fully saturated rings. The van der Waals surface area contributed by atoms with Crippen LogP contribution in [0.2, 0.25) is 0 Å². The van der Waals surface area contributed by atoms with Gasteiger partial charge in [-0.2, -0.15) is 0 Å². The van der Waals surface area contributed by atoms with Gasteiger partial charge in [-0.3, -0.25) is 4.79 Å². The maximum absolute atomic E-state index is 10.3. The zero-order chi connectivity index (χ0) is 14.9. The first kappa shape index (κ1) is 18.2. The van der Waals surface area contributed by atoms with Crippen LogP contribution in [-0.4, -0.2) is 11.1 Å². The van der Waals surface area contributed by atoms with E-state index < -0.39 is 5.97 Å². The van der Waals surface area contributed by atoms with Gasteiger partial charge in [-0.05, 0) is 32.1 Å². The number of allylic oxidation sites excluding steroid dienone is 6. The minimum atomic E-state index is -0.723. The van der Waals surface area contributed by atoms with Crippen molar-refractivity contribution < 1.29 is 9.90 Å². The summed E-state index contributed by atoms with van der Waals surface area (Å²) in [6.45, 7) is 2.14. The third kappa shape index (κ3) is 16.2. The van der Waals surface area contributed by atoms with Gasteiger partial charge < -0.3 is 5.11 Å². The van der Waals surface area contributed by atoms with Crippen molar-refractivity contribution in [3.8, 4) is 11.8 Å². The van der Waals surface area contributed by atoms with E-state index in [1.807, 2.05) is 0 Å². The van der Waals surface area contributed by atoms with Gasteiger partial charge in [0.1, 0.15) is 0 Å². The second kappa shape index (κ2) is 15.3. The van der Waals surface area contributed by atoms with Gasteiger partial charge in [-0.1, -0.05) is 49.3 Å². The lowest BCUT2D eigenvalue weighted by atomic mass is 10.2. The number of aliphatic carboxylic acids is 1. The summed E-state index contributed by atoms with van der Waals surface area (Å²) in [5.74, 6) is 5.41. The van der Waals surface area contributed by atoms with Crippen molar-refractivity contribution in [3.05, 3.63) is 36.5 Å². The highest BCUT2D eigenvalue weighted by molar-refractivity contribution is 5.66. The average Bonchev–Trinajstić information content (AvgIpc) is 2.43. The standard InChI is InChI=1S/C18H26O2/c1-2-3-4-5-6-7-8-9-10-11-12-13-14-15-16-17-18(19)20/h3-4,6-7,9-10H,2,5,8,11,14-17H2,1H3,(H,19,20)/b4-3?,7-6?,10-9-. The summed E-state index contributed by atoms with van der Waals surface area (Å²) in [5.41, 5.74) is 0. The number of carboxylic acid groups (broad SMARTS) is 1. The van der Waals surface area contributed by atoms with E-state index in [4.69, 9.17) is 5.11 Å². The van der Waals surface area contributed by atoms with Crippen molar-refractivity contribution in [2.24, 2.45) is 0 Å². The fraction of sp³-hybridized carbons (Fsp3) is 0.500. The molecule has 0 aliphatic carbocycles. The molecule has 0 bridgehead atoms. The SMILES string of the molecule is CCC=CCC=CC/C=C\CC#CCCCCC(=O)O. The third-order valence-corrected chi connectivity index (χ3v) is 2.57. The van der Waals surface area contributed by atoms with Crippen molar-refractivity contribution in [2.75, 3.05) is 0 Å². The van der Waals surface area contributed by atoms with Crippen LogP contribution in [0.5, 0.6) is 0 Å². The van der Waals surface area contributed by atoms with Gasteiger partial charge in [-0.25, -0.2) is 0 Å². The number of carbonyl (C=O) groups is 1. The predicted octanol–water partition coefficient (Wildman–Crippen LogP) is 4.88. The van der Waals surface area contributed by atoms with Crippen LogP contribution in [0.25, 0.3) is 0 Å². The van der Waals surface area contributed by atoms with E-state index >= 15 is 0 Å². The second-order valence-electron chi connectivity index (χ2n) is 4.45. The molecule has 1 N–H and O–H groups in total. The molecule has 2 heteroatoms. The van der Waals surface area contributed by atoms with Gasteiger partial charge in [0, 0.05) is 19.3 Å². The largest absolute Gasteiger partial charge is 0.481 e. The van der Waals surface area contributed by atoms with Crippen molar-refractivity contribution in [1.29, 1.82) is 0 Å². The Balaban J connectivity index is 3.43. The number of rotatable bonds is 10. The van der Waals surface area contributed by atoms with Crippen LogP contribution >= 0.6 is 0 Å². The molecule has 20 heavy (non-hydrogen) atoms. The molecule has 2 nitrogen and oxygen atoms in total. The van der Waals surface area contributed by atoms with Crippen LogP contribution in [0.1, 0.15) is 58.3 Å². The molecule has 0 rings (SSSR count). The molecule has 110 valence electrons. The topological polar surface area (TPSA) is 37.3 Å². The van der Waals surface area contributed by atoms with E-state index in [0.717, 1.165) is 44.9 Å². The lowest BCUT2D eigenvalue weighted by Gasteiger charge is -1.90. The molecule has 0 saturated heterocycles. The van der Waals surface area contributed by atoms with Crippen molar-refractivity contribution >= 4 is 5.97 Å². The lowest BCUT2D eigenvalue weighted by Crippen LogP contribution is -1.92. The first-order chi connectivity index (χ1) is 9.77. The fourth-order valence-electron chi connectivity index (χ4n) is 1.50. The van der Waals surface area contributed by atoms with E-state index in [-0.39, 0.29) is 6.42 Å². The highest BCUT2D eigenvalue weighted by atomic mass is 16.4. The summed E-state index contributed by atoms with van der Waals surface area (Å²) >= 11 is 0. The van der Waals surface area contributed by atoms with Gasteiger partial charge in [0.15, 0.2) is 0 Å². The van der Waals surface area contributed by atoms with Crippen LogP contribution in [0.4, 0.5) is 0 Å². The second-order valence-corrected chi connectivity index (χ2v) is 4.45. The maximum Gasteiger partial charge on any atom is 0.303 e. The van der Waals surface area contributed by atoms with E-state index in [1.165, 1.54) is 0 Å². The van der Waals surface area contributed by atoms with Crippen molar-refractivity contribution in [3.63, 3.8) is 0 Å². The first-order valence-electron chi connectivity index (χ1n) is 7.39. The molecule has 0 atom stereocenters. The summed E-state index contributed by atoms with van der Waals surface area (Å²) in [7, 11) is 0.